The van der Waals surface area contributed by atoms with Crippen molar-refractivity contribution in [1.29, 1.82) is 0 Å². The van der Waals surface area contributed by atoms with Crippen LogP contribution in [0.2, 0.25) is 0 Å². The summed E-state index contributed by atoms with van der Waals surface area (Å²) in [6, 6.07) is 2.57. The maximum absolute atomic E-state index is 12.9. The van der Waals surface area contributed by atoms with Crippen molar-refractivity contribution >= 4 is 17.2 Å². The highest BCUT2D eigenvalue weighted by atomic mass is 32.1. The molecule has 4 nitrogen and oxygen atoms in total. The van der Waals surface area contributed by atoms with Crippen molar-refractivity contribution in [2.75, 3.05) is 26.2 Å². The van der Waals surface area contributed by atoms with E-state index in [0.29, 0.717) is 5.92 Å². The van der Waals surface area contributed by atoms with Crippen LogP contribution in [0.3, 0.4) is 0 Å². The molecular weight excluding hydrogens is 406 g/mol. The number of hydrogen-bond donors (Lipinski definition) is 1. The SMILES string of the molecule is CCc1cc2c(s1)CCOC21CCN(CC2CC(NC(=O)C3CC(F)(F)C3)C2)CC1. The molecule has 2 aliphatic heterocycles. The van der Waals surface area contributed by atoms with Crippen molar-refractivity contribution in [2.45, 2.75) is 75.9 Å². The lowest BCUT2D eigenvalue weighted by atomic mass is 9.76. The molecule has 0 unspecified atom stereocenters. The van der Waals surface area contributed by atoms with Gasteiger partial charge >= 0.3 is 0 Å². The first kappa shape index (κ1) is 20.8. The van der Waals surface area contributed by atoms with Gasteiger partial charge in [-0.1, -0.05) is 6.92 Å². The van der Waals surface area contributed by atoms with Crippen LogP contribution in [0.4, 0.5) is 8.78 Å². The third-order valence-electron chi connectivity index (χ3n) is 7.63. The van der Waals surface area contributed by atoms with E-state index < -0.39 is 11.8 Å². The number of nitrogens with one attached hydrogen (secondary N) is 1. The zero-order valence-corrected chi connectivity index (χ0v) is 18.5. The highest BCUT2D eigenvalue weighted by Gasteiger charge is 2.49. The molecule has 166 valence electrons. The number of nitrogens with zero attached hydrogens (tertiary/aromatic N) is 1. The van der Waals surface area contributed by atoms with Gasteiger partial charge in [0.25, 0.3) is 0 Å². The molecule has 0 bridgehead atoms. The van der Waals surface area contributed by atoms with E-state index >= 15 is 0 Å². The van der Waals surface area contributed by atoms with Crippen LogP contribution in [0.5, 0.6) is 0 Å². The van der Waals surface area contributed by atoms with Crippen LogP contribution in [-0.2, 0) is 28.0 Å². The Morgan fingerprint density at radius 1 is 1.30 bits per heavy atom. The number of aryl methyl sites for hydroxylation is 1. The average Bonchev–Trinajstić information content (AvgIpc) is 3.11. The van der Waals surface area contributed by atoms with Crippen molar-refractivity contribution in [3.63, 3.8) is 0 Å². The molecule has 1 spiro atoms. The van der Waals surface area contributed by atoms with Crippen molar-refractivity contribution in [3.05, 3.63) is 21.4 Å². The van der Waals surface area contributed by atoms with Crippen molar-refractivity contribution in [3.8, 4) is 0 Å². The highest BCUT2D eigenvalue weighted by molar-refractivity contribution is 7.12. The number of likely N-dealkylation sites (tertiary alicyclic amines) is 1. The molecule has 0 radical (unpaired) electrons. The Morgan fingerprint density at radius 3 is 2.70 bits per heavy atom. The van der Waals surface area contributed by atoms with Gasteiger partial charge in [-0.05, 0) is 49.7 Å². The molecule has 3 fully saturated rings. The van der Waals surface area contributed by atoms with E-state index in [4.69, 9.17) is 4.74 Å². The second kappa shape index (κ2) is 7.82. The van der Waals surface area contributed by atoms with Crippen molar-refractivity contribution < 1.29 is 18.3 Å². The number of carbonyl (C=O) groups is 1. The molecule has 3 heterocycles. The Labute approximate surface area is 181 Å². The third kappa shape index (κ3) is 3.93. The lowest BCUT2D eigenvalue weighted by Crippen LogP contribution is -2.53. The van der Waals surface area contributed by atoms with E-state index in [1.54, 1.807) is 0 Å². The molecule has 0 atom stereocenters. The van der Waals surface area contributed by atoms with Gasteiger partial charge in [0.05, 0.1) is 12.2 Å². The number of ether oxygens (including phenoxy) is 1. The van der Waals surface area contributed by atoms with Gasteiger partial charge in [0.15, 0.2) is 0 Å². The summed E-state index contributed by atoms with van der Waals surface area (Å²) >= 11 is 1.97. The van der Waals surface area contributed by atoms with Gasteiger partial charge in [-0.15, -0.1) is 11.3 Å². The van der Waals surface area contributed by atoms with E-state index in [-0.39, 0.29) is 30.4 Å². The summed E-state index contributed by atoms with van der Waals surface area (Å²) in [5.41, 5.74) is 1.39. The van der Waals surface area contributed by atoms with E-state index in [1.165, 1.54) is 15.3 Å². The second-order valence-electron chi connectivity index (χ2n) is 9.80. The second-order valence-corrected chi connectivity index (χ2v) is 11.0. The fraction of sp³-hybridized carbons (Fsp3) is 0.783. The zero-order chi connectivity index (χ0) is 20.9. The van der Waals surface area contributed by atoms with Gasteiger partial charge in [0.1, 0.15) is 0 Å². The van der Waals surface area contributed by atoms with Crippen LogP contribution in [0.25, 0.3) is 0 Å². The lowest BCUT2D eigenvalue weighted by molar-refractivity contribution is -0.151. The van der Waals surface area contributed by atoms with Crippen molar-refractivity contribution in [2.24, 2.45) is 11.8 Å². The monoisotopic (exact) mass is 438 g/mol. The number of amides is 1. The largest absolute Gasteiger partial charge is 0.370 e. The molecule has 7 heteroatoms. The summed E-state index contributed by atoms with van der Waals surface area (Å²) in [6.07, 6.45) is 5.66. The number of piperidine rings is 1. The van der Waals surface area contributed by atoms with Crippen LogP contribution in [0, 0.1) is 11.8 Å². The van der Waals surface area contributed by atoms with Crippen LogP contribution in [0.15, 0.2) is 6.07 Å². The molecule has 5 rings (SSSR count). The first-order valence-corrected chi connectivity index (χ1v) is 12.3. The molecule has 2 saturated carbocycles. The first-order valence-electron chi connectivity index (χ1n) is 11.5. The third-order valence-corrected chi connectivity index (χ3v) is 8.97. The predicted molar refractivity (Wildman–Crippen MR) is 113 cm³/mol. The molecular formula is C23H32F2N2O2S. The Kier molecular flexibility index (Phi) is 5.43. The van der Waals surface area contributed by atoms with E-state index in [2.05, 4.69) is 23.2 Å². The Morgan fingerprint density at radius 2 is 2.03 bits per heavy atom. The quantitative estimate of drug-likeness (QED) is 0.752. The van der Waals surface area contributed by atoms with E-state index in [1.807, 2.05) is 11.3 Å². The Bertz CT molecular complexity index is 789. The highest BCUT2D eigenvalue weighted by Crippen LogP contribution is 2.45. The van der Waals surface area contributed by atoms with E-state index in [0.717, 1.165) is 64.8 Å². The lowest BCUT2D eigenvalue weighted by Gasteiger charge is -2.46. The van der Waals surface area contributed by atoms with Crippen molar-refractivity contribution in [1.82, 2.24) is 10.2 Å². The summed E-state index contributed by atoms with van der Waals surface area (Å²) in [7, 11) is 0. The molecule has 1 amide bonds. The minimum Gasteiger partial charge on any atom is -0.370 e. The fourth-order valence-corrected chi connectivity index (χ4v) is 6.87. The molecule has 1 saturated heterocycles. The minimum absolute atomic E-state index is 0.0744. The fourth-order valence-electron chi connectivity index (χ4n) is 5.69. The number of hydrogen-bond acceptors (Lipinski definition) is 4. The average molecular weight is 439 g/mol. The summed E-state index contributed by atoms with van der Waals surface area (Å²) in [5.74, 6) is -2.68. The minimum atomic E-state index is -2.63. The van der Waals surface area contributed by atoms with Gasteiger partial charge in [0.2, 0.25) is 11.8 Å². The zero-order valence-electron chi connectivity index (χ0n) is 17.7. The normalized spacial score (nSPS) is 30.4. The Hall–Kier alpha value is -1.05. The van der Waals surface area contributed by atoms with Crippen LogP contribution < -0.4 is 5.32 Å². The smallest absolute Gasteiger partial charge is 0.249 e. The topological polar surface area (TPSA) is 41.6 Å². The van der Waals surface area contributed by atoms with Crippen LogP contribution >= 0.6 is 11.3 Å². The van der Waals surface area contributed by atoms with Gasteiger partial charge in [-0.3, -0.25) is 4.79 Å². The number of carbonyl (C=O) groups excluding carboxylic acids is 1. The number of thiophene rings is 1. The molecule has 30 heavy (non-hydrogen) atoms. The number of alkyl halides is 2. The van der Waals surface area contributed by atoms with Gasteiger partial charge in [0, 0.05) is 60.6 Å². The predicted octanol–water partition coefficient (Wildman–Crippen LogP) is 4.11. The molecule has 1 N–H and O–H groups in total. The first-order chi connectivity index (χ1) is 14.4. The maximum Gasteiger partial charge on any atom is 0.249 e. The summed E-state index contributed by atoms with van der Waals surface area (Å²) < 4.78 is 32.3. The summed E-state index contributed by atoms with van der Waals surface area (Å²) in [6.45, 7) is 6.25. The maximum atomic E-state index is 12.9. The molecule has 1 aromatic heterocycles. The van der Waals surface area contributed by atoms with Crippen LogP contribution in [-0.4, -0.2) is 49.0 Å². The molecule has 2 aliphatic carbocycles. The molecule has 1 aromatic rings. The van der Waals surface area contributed by atoms with Gasteiger partial charge in [-0.2, -0.15) is 0 Å². The summed E-state index contributed by atoms with van der Waals surface area (Å²) in [4.78, 5) is 17.6. The molecule has 0 aromatic carbocycles. The van der Waals surface area contributed by atoms with Gasteiger partial charge < -0.3 is 15.0 Å². The molecule has 4 aliphatic rings. The number of rotatable bonds is 5. The van der Waals surface area contributed by atoms with Crippen LogP contribution in [0.1, 0.15) is 60.8 Å². The number of fused-ring (bicyclic) bond motifs is 2. The standard InChI is InChI=1S/C23H32F2N2O2S/c1-2-18-11-19-20(30-18)3-8-29-22(19)4-6-27(7-5-22)14-15-9-17(10-15)26-21(28)16-12-23(24,25)13-16/h11,15-17H,2-10,12-14H2,1H3,(H,26,28). The van der Waals surface area contributed by atoms with Gasteiger partial charge in [-0.25, -0.2) is 8.78 Å². The van der Waals surface area contributed by atoms with E-state index in [9.17, 15) is 13.6 Å². The summed E-state index contributed by atoms with van der Waals surface area (Å²) in [5, 5.41) is 2.98. The Balaban J connectivity index is 1.07. The number of halogens is 2.